The number of rotatable bonds is 8. The van der Waals surface area contributed by atoms with Gasteiger partial charge >= 0.3 is 0 Å². The highest BCUT2D eigenvalue weighted by molar-refractivity contribution is 5.90. The van der Waals surface area contributed by atoms with Crippen molar-refractivity contribution >= 4 is 17.1 Å². The normalized spacial score (nSPS) is 18.9. The summed E-state index contributed by atoms with van der Waals surface area (Å²) in [6.45, 7) is 6.59. The molecule has 1 fully saturated rings. The van der Waals surface area contributed by atoms with Gasteiger partial charge in [-0.25, -0.2) is 0 Å². The molecule has 1 saturated carbocycles. The molecule has 0 spiro atoms. The van der Waals surface area contributed by atoms with Crippen LogP contribution in [-0.2, 0) is 11.3 Å². The molecule has 4 rings (SSSR count). The molecule has 3 heterocycles. The van der Waals surface area contributed by atoms with Crippen molar-refractivity contribution in [1.82, 2.24) is 30.4 Å². The third kappa shape index (κ3) is 5.25. The summed E-state index contributed by atoms with van der Waals surface area (Å²) < 4.78 is 2.06. The molecule has 1 atom stereocenters. The highest BCUT2D eigenvalue weighted by Gasteiger charge is 2.23. The molecule has 0 radical (unpaired) electrons. The molecular formula is C24H26N6O. The molecule has 158 valence electrons. The van der Waals surface area contributed by atoms with Crippen molar-refractivity contribution in [3.05, 3.63) is 91.1 Å². The number of carbonyl (C=O) groups is 1. The zero-order chi connectivity index (χ0) is 21.6. The summed E-state index contributed by atoms with van der Waals surface area (Å²) in [4.78, 5) is 17.0. The monoisotopic (exact) mass is 414 g/mol. The van der Waals surface area contributed by atoms with Crippen LogP contribution in [0.5, 0.6) is 0 Å². The number of nitrogens with zero attached hydrogens (tertiary/aromatic N) is 4. The fourth-order valence-corrected chi connectivity index (χ4v) is 3.45. The minimum Gasteiger partial charge on any atom is -0.376 e. The van der Waals surface area contributed by atoms with Crippen molar-refractivity contribution in [2.75, 3.05) is 0 Å². The SMILES string of the molecule is C=C/C=C(\C=C(/C)NC(=O)C1C=C(c2cccnc2)C=CN1)c1nncn1CC1CC1. The Balaban J connectivity index is 1.48. The highest BCUT2D eigenvalue weighted by Crippen LogP contribution is 2.31. The smallest absolute Gasteiger partial charge is 0.250 e. The second-order valence-electron chi connectivity index (χ2n) is 7.77. The number of nitrogens with one attached hydrogen (secondary N) is 2. The van der Waals surface area contributed by atoms with Crippen molar-refractivity contribution in [2.24, 2.45) is 5.92 Å². The number of allylic oxidation sites excluding steroid dienone is 7. The Morgan fingerprint density at radius 3 is 3.03 bits per heavy atom. The molecular weight excluding hydrogens is 388 g/mol. The summed E-state index contributed by atoms with van der Waals surface area (Å²) in [5, 5.41) is 14.4. The number of aromatic nitrogens is 4. The average molecular weight is 415 g/mol. The van der Waals surface area contributed by atoms with E-state index in [4.69, 9.17) is 0 Å². The molecule has 1 aliphatic heterocycles. The van der Waals surface area contributed by atoms with E-state index >= 15 is 0 Å². The Morgan fingerprint density at radius 1 is 1.42 bits per heavy atom. The van der Waals surface area contributed by atoms with E-state index in [9.17, 15) is 4.79 Å². The lowest BCUT2D eigenvalue weighted by atomic mass is 10.0. The van der Waals surface area contributed by atoms with Gasteiger partial charge in [0.15, 0.2) is 5.82 Å². The van der Waals surface area contributed by atoms with Crippen LogP contribution < -0.4 is 10.6 Å². The Kier molecular flexibility index (Phi) is 6.21. The van der Waals surface area contributed by atoms with Gasteiger partial charge in [0.1, 0.15) is 12.4 Å². The molecule has 1 amide bonds. The summed E-state index contributed by atoms with van der Waals surface area (Å²) in [5.41, 5.74) is 3.49. The van der Waals surface area contributed by atoms with Gasteiger partial charge < -0.3 is 15.2 Å². The Hall–Kier alpha value is -3.74. The molecule has 2 aliphatic rings. The minimum atomic E-state index is -0.478. The van der Waals surface area contributed by atoms with Crippen LogP contribution >= 0.6 is 0 Å². The molecule has 31 heavy (non-hydrogen) atoms. The second-order valence-corrected chi connectivity index (χ2v) is 7.77. The zero-order valence-corrected chi connectivity index (χ0v) is 17.5. The first-order valence-corrected chi connectivity index (χ1v) is 10.4. The van der Waals surface area contributed by atoms with Crippen molar-refractivity contribution in [2.45, 2.75) is 32.4 Å². The van der Waals surface area contributed by atoms with Crippen LogP contribution in [0.1, 0.15) is 31.2 Å². The van der Waals surface area contributed by atoms with E-state index in [0.717, 1.165) is 29.1 Å². The van der Waals surface area contributed by atoms with Crippen molar-refractivity contribution < 1.29 is 4.79 Å². The summed E-state index contributed by atoms with van der Waals surface area (Å²) in [7, 11) is 0. The predicted molar refractivity (Wildman–Crippen MR) is 121 cm³/mol. The van der Waals surface area contributed by atoms with Crippen LogP contribution in [0.3, 0.4) is 0 Å². The quantitative estimate of drug-likeness (QED) is 0.648. The van der Waals surface area contributed by atoms with Gasteiger partial charge in [0.05, 0.1) is 0 Å². The molecule has 7 nitrogen and oxygen atoms in total. The maximum Gasteiger partial charge on any atom is 0.250 e. The van der Waals surface area contributed by atoms with Gasteiger partial charge in [0.25, 0.3) is 5.91 Å². The number of dihydropyridines is 1. The van der Waals surface area contributed by atoms with Crippen LogP contribution in [0.2, 0.25) is 0 Å². The van der Waals surface area contributed by atoms with E-state index in [1.165, 1.54) is 12.8 Å². The van der Waals surface area contributed by atoms with Crippen LogP contribution in [0.25, 0.3) is 11.1 Å². The lowest BCUT2D eigenvalue weighted by Crippen LogP contribution is -2.41. The standard InChI is InChI=1S/C24H26N6O/c1-3-5-20(23-29-27-16-30(23)15-18-7-8-18)12-17(2)28-24(31)22-13-19(9-11-26-22)21-6-4-10-25-14-21/h3-6,9-14,16,18,22,26H,1,7-8,15H2,2H3,(H,28,31)/b17-12+,20-5+. The van der Waals surface area contributed by atoms with Crippen molar-refractivity contribution in [3.63, 3.8) is 0 Å². The fraction of sp³-hybridized carbons (Fsp3) is 0.250. The maximum absolute atomic E-state index is 12.9. The van der Waals surface area contributed by atoms with E-state index in [0.29, 0.717) is 11.6 Å². The molecule has 1 unspecified atom stereocenters. The lowest BCUT2D eigenvalue weighted by molar-refractivity contribution is -0.121. The Bertz CT molecular complexity index is 1070. The molecule has 0 bridgehead atoms. The summed E-state index contributed by atoms with van der Waals surface area (Å²) in [6.07, 6.45) is 18.9. The van der Waals surface area contributed by atoms with E-state index in [2.05, 4.69) is 37.0 Å². The number of carbonyl (C=O) groups excluding carboxylic acids is 1. The molecule has 7 heteroatoms. The first-order valence-electron chi connectivity index (χ1n) is 10.4. The van der Waals surface area contributed by atoms with Crippen LogP contribution in [0.15, 0.2) is 79.7 Å². The Labute approximate surface area is 182 Å². The highest BCUT2D eigenvalue weighted by atomic mass is 16.2. The maximum atomic E-state index is 12.9. The van der Waals surface area contributed by atoms with Crippen molar-refractivity contribution in [1.29, 1.82) is 0 Å². The Morgan fingerprint density at radius 2 is 2.29 bits per heavy atom. The summed E-state index contributed by atoms with van der Waals surface area (Å²) in [5.74, 6) is 1.34. The van der Waals surface area contributed by atoms with Gasteiger partial charge in [-0.2, -0.15) is 0 Å². The third-order valence-electron chi connectivity index (χ3n) is 5.18. The van der Waals surface area contributed by atoms with Crippen LogP contribution in [0, 0.1) is 5.92 Å². The second kappa shape index (κ2) is 9.38. The minimum absolute atomic E-state index is 0.142. The number of pyridine rings is 1. The summed E-state index contributed by atoms with van der Waals surface area (Å²) >= 11 is 0. The topological polar surface area (TPSA) is 84.7 Å². The largest absolute Gasteiger partial charge is 0.376 e. The van der Waals surface area contributed by atoms with Crippen LogP contribution in [-0.4, -0.2) is 31.7 Å². The fourth-order valence-electron chi connectivity index (χ4n) is 3.45. The van der Waals surface area contributed by atoms with Gasteiger partial charge in [-0.15, -0.1) is 10.2 Å². The first-order chi connectivity index (χ1) is 15.1. The van der Waals surface area contributed by atoms with Gasteiger partial charge in [0.2, 0.25) is 0 Å². The predicted octanol–water partition coefficient (Wildman–Crippen LogP) is 3.24. The van der Waals surface area contributed by atoms with Crippen molar-refractivity contribution in [3.8, 4) is 0 Å². The average Bonchev–Trinajstić information content (AvgIpc) is 3.49. The molecule has 0 saturated heterocycles. The number of hydrogen-bond donors (Lipinski definition) is 2. The van der Waals surface area contributed by atoms with Gasteiger partial charge in [0, 0.05) is 30.2 Å². The van der Waals surface area contributed by atoms with Gasteiger partial charge in [-0.1, -0.05) is 24.8 Å². The molecule has 0 aromatic carbocycles. The molecule has 2 N–H and O–H groups in total. The third-order valence-corrected chi connectivity index (χ3v) is 5.18. The number of hydrogen-bond acceptors (Lipinski definition) is 5. The van der Waals surface area contributed by atoms with Gasteiger partial charge in [-0.3, -0.25) is 9.78 Å². The molecule has 2 aromatic heterocycles. The van der Waals surface area contributed by atoms with Crippen LogP contribution in [0.4, 0.5) is 0 Å². The lowest BCUT2D eigenvalue weighted by Gasteiger charge is -2.19. The van der Waals surface area contributed by atoms with E-state index < -0.39 is 6.04 Å². The number of amides is 1. The van der Waals surface area contributed by atoms with E-state index in [-0.39, 0.29) is 5.91 Å². The summed E-state index contributed by atoms with van der Waals surface area (Å²) in [6, 6.07) is 3.37. The first kappa shape index (κ1) is 20.5. The molecule has 2 aromatic rings. The molecule has 1 aliphatic carbocycles. The zero-order valence-electron chi connectivity index (χ0n) is 17.5. The van der Waals surface area contributed by atoms with E-state index in [1.807, 2.05) is 43.4 Å². The van der Waals surface area contributed by atoms with E-state index in [1.54, 1.807) is 31.0 Å². The van der Waals surface area contributed by atoms with Gasteiger partial charge in [-0.05, 0) is 67.3 Å².